The van der Waals surface area contributed by atoms with Gasteiger partial charge in [-0.05, 0) is 75.8 Å². The monoisotopic (exact) mass is 519 g/mol. The van der Waals surface area contributed by atoms with E-state index in [1.54, 1.807) is 6.92 Å². The van der Waals surface area contributed by atoms with Gasteiger partial charge in [-0.15, -0.1) is 0 Å². The zero-order chi connectivity index (χ0) is 26.2. The molecule has 204 valence electrons. The average molecular weight is 520 g/mol. The molecule has 4 bridgehead atoms. The minimum atomic E-state index is -0.423. The number of benzene rings is 1. The fraction of sp³-hybridized carbons (Fsp3) is 0.677. The van der Waals surface area contributed by atoms with Crippen LogP contribution in [0.1, 0.15) is 107 Å². The van der Waals surface area contributed by atoms with Gasteiger partial charge in [-0.2, -0.15) is 0 Å². The fourth-order valence-electron chi connectivity index (χ4n) is 8.37. The van der Waals surface area contributed by atoms with Crippen LogP contribution in [0.2, 0.25) is 0 Å². The number of hydrogen-bond acceptors (Lipinski definition) is 6. The first-order valence-electron chi connectivity index (χ1n) is 15.0. The number of esters is 1. The normalized spacial score (nSPS) is 31.2. The fourth-order valence-corrected chi connectivity index (χ4v) is 8.37. The first-order valence-corrected chi connectivity index (χ1v) is 15.0. The van der Waals surface area contributed by atoms with Crippen LogP contribution < -0.4 is 5.56 Å². The van der Waals surface area contributed by atoms with Crippen molar-refractivity contribution in [2.45, 2.75) is 115 Å². The van der Waals surface area contributed by atoms with E-state index in [9.17, 15) is 14.4 Å². The standard InChI is InChI=1S/C31H41N3O4/c1-2-38-29(36)14-13-28(35)30-31(37)34(27-10-6-5-9-26(27)32-30)25-18-22-11-12-23(19-25)33(22)24-16-20-7-3-4-8-21(15-20)17-24/h5-6,9-10,20-25H,2-4,7-8,11-19H2,1H3/t20?,21?,22-,23?,24?,25+/m1/s1. The maximum atomic E-state index is 13.8. The lowest BCUT2D eigenvalue weighted by Gasteiger charge is -2.48. The Morgan fingerprint density at radius 2 is 1.55 bits per heavy atom. The summed E-state index contributed by atoms with van der Waals surface area (Å²) in [4.78, 5) is 46.1. The number of carbonyl (C=O) groups is 2. The molecular formula is C31H41N3O4. The number of ether oxygens (including phenoxy) is 1. The second-order valence-corrected chi connectivity index (χ2v) is 12.2. The molecule has 38 heavy (non-hydrogen) atoms. The molecule has 0 amide bonds. The lowest BCUT2D eigenvalue weighted by molar-refractivity contribution is -0.143. The summed E-state index contributed by atoms with van der Waals surface area (Å²) in [5, 5.41) is 0. The maximum absolute atomic E-state index is 13.8. The third kappa shape index (κ3) is 4.94. The van der Waals surface area contributed by atoms with Gasteiger partial charge in [-0.3, -0.25) is 19.3 Å². The highest BCUT2D eigenvalue weighted by Gasteiger charge is 2.47. The molecule has 3 unspecified atom stereocenters. The molecule has 2 saturated heterocycles. The second kappa shape index (κ2) is 10.9. The minimum absolute atomic E-state index is 0.0352. The molecule has 7 heteroatoms. The lowest BCUT2D eigenvalue weighted by Crippen LogP contribution is -2.52. The first-order chi connectivity index (χ1) is 18.5. The number of Topliss-reactive ketones (excluding diaryl/α,β-unsaturated/α-hetero) is 1. The largest absolute Gasteiger partial charge is 0.466 e. The smallest absolute Gasteiger partial charge is 0.306 e. The van der Waals surface area contributed by atoms with E-state index in [4.69, 9.17) is 4.74 Å². The van der Waals surface area contributed by atoms with Gasteiger partial charge >= 0.3 is 5.97 Å². The zero-order valence-corrected chi connectivity index (χ0v) is 22.6. The SMILES string of the molecule is CCOC(=O)CCC(=O)c1nc2ccccc2n([C@@H]2CC3CC[C@H](C2)N3C2CC3CCCCC(C3)C2)c1=O. The molecule has 2 aliphatic carbocycles. The van der Waals surface area contributed by atoms with E-state index in [1.807, 2.05) is 28.8 Å². The Labute approximate surface area is 224 Å². The summed E-state index contributed by atoms with van der Waals surface area (Å²) in [5.41, 5.74) is 1.12. The first kappa shape index (κ1) is 25.7. The Morgan fingerprint density at radius 1 is 0.868 bits per heavy atom. The van der Waals surface area contributed by atoms with Crippen molar-refractivity contribution in [1.82, 2.24) is 14.5 Å². The minimum Gasteiger partial charge on any atom is -0.466 e. The Kier molecular flexibility index (Phi) is 7.39. The van der Waals surface area contributed by atoms with Crippen molar-refractivity contribution in [1.29, 1.82) is 0 Å². The summed E-state index contributed by atoms with van der Waals surface area (Å²) in [6.07, 6.45) is 14.0. The van der Waals surface area contributed by atoms with Crippen LogP contribution in [0, 0.1) is 11.8 Å². The van der Waals surface area contributed by atoms with Crippen LogP contribution in [-0.2, 0) is 9.53 Å². The van der Waals surface area contributed by atoms with Gasteiger partial charge in [0.2, 0.25) is 0 Å². The van der Waals surface area contributed by atoms with Crippen LogP contribution in [0.5, 0.6) is 0 Å². The number of piperidine rings is 1. The maximum Gasteiger partial charge on any atom is 0.306 e. The van der Waals surface area contributed by atoms with Gasteiger partial charge in [-0.25, -0.2) is 4.98 Å². The van der Waals surface area contributed by atoms with Gasteiger partial charge < -0.3 is 9.30 Å². The van der Waals surface area contributed by atoms with E-state index in [2.05, 4.69) is 9.88 Å². The topological polar surface area (TPSA) is 81.5 Å². The molecule has 2 aromatic rings. The molecule has 0 N–H and O–H groups in total. The van der Waals surface area contributed by atoms with E-state index in [-0.39, 0.29) is 42.5 Å². The predicted molar refractivity (Wildman–Crippen MR) is 146 cm³/mol. The van der Waals surface area contributed by atoms with Crippen LogP contribution in [0.25, 0.3) is 11.0 Å². The summed E-state index contributed by atoms with van der Waals surface area (Å²) >= 11 is 0. The van der Waals surface area contributed by atoms with E-state index in [1.165, 1.54) is 57.8 Å². The van der Waals surface area contributed by atoms with Crippen LogP contribution >= 0.6 is 0 Å². The van der Waals surface area contributed by atoms with Crippen LogP contribution in [-0.4, -0.2) is 50.9 Å². The lowest BCUT2D eigenvalue weighted by atomic mass is 9.76. The Balaban J connectivity index is 1.26. The highest BCUT2D eigenvalue weighted by molar-refractivity contribution is 5.97. The molecule has 1 aromatic heterocycles. The number of ketones is 1. The number of nitrogens with zero attached hydrogens (tertiary/aromatic N) is 3. The van der Waals surface area contributed by atoms with Crippen LogP contribution in [0.3, 0.4) is 0 Å². The second-order valence-electron chi connectivity index (χ2n) is 12.2. The highest BCUT2D eigenvalue weighted by Crippen LogP contribution is 2.47. The quantitative estimate of drug-likeness (QED) is 0.357. The van der Waals surface area contributed by atoms with Crippen molar-refractivity contribution in [3.8, 4) is 0 Å². The van der Waals surface area contributed by atoms with Gasteiger partial charge in [0.25, 0.3) is 5.56 Å². The highest BCUT2D eigenvalue weighted by atomic mass is 16.5. The number of rotatable bonds is 7. The third-order valence-electron chi connectivity index (χ3n) is 9.82. The Bertz CT molecular complexity index is 1230. The van der Waals surface area contributed by atoms with Gasteiger partial charge in [0.05, 0.1) is 24.1 Å². The molecule has 1 aromatic carbocycles. The number of hydrogen-bond donors (Lipinski definition) is 0. The molecule has 4 fully saturated rings. The van der Waals surface area contributed by atoms with Crippen molar-refractivity contribution < 1.29 is 14.3 Å². The number of para-hydroxylation sites is 2. The van der Waals surface area contributed by atoms with E-state index in [0.29, 0.717) is 23.6 Å². The summed E-state index contributed by atoms with van der Waals surface area (Å²) in [5.74, 6) is 0.989. The van der Waals surface area contributed by atoms with Crippen LogP contribution in [0.4, 0.5) is 0 Å². The summed E-state index contributed by atoms with van der Waals surface area (Å²) in [6, 6.07) is 9.43. The van der Waals surface area contributed by atoms with E-state index in [0.717, 1.165) is 30.2 Å². The summed E-state index contributed by atoms with van der Waals surface area (Å²) in [6.45, 7) is 2.01. The number of aromatic nitrogens is 2. The van der Waals surface area contributed by atoms with Crippen molar-refractivity contribution >= 4 is 22.8 Å². The molecule has 5 atom stereocenters. The van der Waals surface area contributed by atoms with Gasteiger partial charge in [0.1, 0.15) is 0 Å². The van der Waals surface area contributed by atoms with Crippen molar-refractivity contribution in [3.63, 3.8) is 0 Å². The molecule has 4 aliphatic rings. The molecular weight excluding hydrogens is 478 g/mol. The number of fused-ring (bicyclic) bond motifs is 5. The van der Waals surface area contributed by atoms with Crippen molar-refractivity contribution in [2.75, 3.05) is 6.61 Å². The molecule has 2 saturated carbocycles. The van der Waals surface area contributed by atoms with Gasteiger partial charge in [0, 0.05) is 30.6 Å². The van der Waals surface area contributed by atoms with E-state index < -0.39 is 5.97 Å². The van der Waals surface area contributed by atoms with Gasteiger partial charge in [-0.1, -0.05) is 37.8 Å². The molecule has 6 rings (SSSR count). The average Bonchev–Trinajstić information content (AvgIpc) is 3.06. The molecule has 2 aliphatic heterocycles. The Hall–Kier alpha value is -2.54. The van der Waals surface area contributed by atoms with Crippen molar-refractivity contribution in [2.24, 2.45) is 11.8 Å². The summed E-state index contributed by atoms with van der Waals surface area (Å²) in [7, 11) is 0. The van der Waals surface area contributed by atoms with Crippen LogP contribution in [0.15, 0.2) is 29.1 Å². The molecule has 3 heterocycles. The van der Waals surface area contributed by atoms with Gasteiger partial charge in [0.15, 0.2) is 11.5 Å². The van der Waals surface area contributed by atoms with Crippen molar-refractivity contribution in [3.05, 3.63) is 40.3 Å². The Morgan fingerprint density at radius 3 is 2.24 bits per heavy atom. The predicted octanol–water partition coefficient (Wildman–Crippen LogP) is 5.45. The third-order valence-corrected chi connectivity index (χ3v) is 9.82. The van der Waals surface area contributed by atoms with E-state index >= 15 is 0 Å². The zero-order valence-electron chi connectivity index (χ0n) is 22.6. The molecule has 0 spiro atoms. The molecule has 0 radical (unpaired) electrons. The number of carbonyl (C=O) groups excluding carboxylic acids is 2. The molecule has 7 nitrogen and oxygen atoms in total. The summed E-state index contributed by atoms with van der Waals surface area (Å²) < 4.78 is 6.85.